The first-order valence-corrected chi connectivity index (χ1v) is 16.7. The zero-order valence-corrected chi connectivity index (χ0v) is 26.6. The summed E-state index contributed by atoms with van der Waals surface area (Å²) >= 11 is 0. The highest BCUT2D eigenvalue weighted by Crippen LogP contribution is 2.45. The summed E-state index contributed by atoms with van der Waals surface area (Å²) in [6, 6.07) is 60.5. The predicted molar refractivity (Wildman–Crippen MR) is 206 cm³/mol. The number of fused-ring (bicyclic) bond motifs is 7. The number of rotatable bonds is 4. The molecule has 0 radical (unpaired) electrons. The second-order valence-corrected chi connectivity index (χ2v) is 12.7. The Hall–Kier alpha value is -6.51. The zero-order chi connectivity index (χ0) is 32.3. The third kappa shape index (κ3) is 4.38. The third-order valence-electron chi connectivity index (χ3n) is 9.93. The van der Waals surface area contributed by atoms with E-state index in [0.717, 1.165) is 38.8 Å². The summed E-state index contributed by atoms with van der Waals surface area (Å²) in [5, 5.41) is 9.52. The molecular formula is C47H29NO. The van der Waals surface area contributed by atoms with Gasteiger partial charge in [-0.2, -0.15) is 0 Å². The van der Waals surface area contributed by atoms with Gasteiger partial charge in [-0.3, -0.25) is 4.98 Å². The molecule has 49 heavy (non-hydrogen) atoms. The average Bonchev–Trinajstić information content (AvgIpc) is 3.57. The van der Waals surface area contributed by atoms with Crippen LogP contribution in [0.5, 0.6) is 0 Å². The van der Waals surface area contributed by atoms with Gasteiger partial charge in [-0.15, -0.1) is 0 Å². The topological polar surface area (TPSA) is 26.0 Å². The first-order valence-electron chi connectivity index (χ1n) is 16.7. The first kappa shape index (κ1) is 27.6. The van der Waals surface area contributed by atoms with Crippen LogP contribution < -0.4 is 0 Å². The van der Waals surface area contributed by atoms with Gasteiger partial charge in [-0.1, -0.05) is 152 Å². The molecule has 10 rings (SSSR count). The fraction of sp³-hybridized carbons (Fsp3) is 0. The molecule has 0 amide bonds. The van der Waals surface area contributed by atoms with Crippen molar-refractivity contribution >= 4 is 54.3 Å². The highest BCUT2D eigenvalue weighted by atomic mass is 16.3. The van der Waals surface area contributed by atoms with Crippen LogP contribution >= 0.6 is 0 Å². The normalized spacial score (nSPS) is 11.7. The number of pyridine rings is 1. The van der Waals surface area contributed by atoms with Crippen molar-refractivity contribution < 1.29 is 4.42 Å². The molecule has 0 N–H and O–H groups in total. The van der Waals surface area contributed by atoms with Crippen molar-refractivity contribution in [2.24, 2.45) is 0 Å². The van der Waals surface area contributed by atoms with E-state index < -0.39 is 0 Å². The van der Waals surface area contributed by atoms with Crippen LogP contribution in [0.4, 0.5) is 0 Å². The maximum atomic E-state index is 6.36. The molecule has 0 saturated carbocycles. The van der Waals surface area contributed by atoms with Gasteiger partial charge in [0.05, 0.1) is 5.69 Å². The van der Waals surface area contributed by atoms with E-state index in [9.17, 15) is 0 Å². The summed E-state index contributed by atoms with van der Waals surface area (Å²) in [5.74, 6) is 0. The predicted octanol–water partition coefficient (Wildman–Crippen LogP) is 13.1. The second-order valence-electron chi connectivity index (χ2n) is 12.7. The molecule has 2 heterocycles. The SMILES string of the molecule is c1ccc(-c2ccc(-c3c4ccccc4c(-c4ccc(-c5cccc6oc7ccc8ccccc8c7c56)nc4)c4ccccc34)cc2)cc1. The molecule has 228 valence electrons. The van der Waals surface area contributed by atoms with E-state index in [1.54, 1.807) is 0 Å². The van der Waals surface area contributed by atoms with Gasteiger partial charge in [0.15, 0.2) is 0 Å². The van der Waals surface area contributed by atoms with Crippen molar-refractivity contribution in [3.05, 3.63) is 176 Å². The van der Waals surface area contributed by atoms with Crippen LogP contribution in [0.1, 0.15) is 0 Å². The quantitative estimate of drug-likeness (QED) is 0.182. The van der Waals surface area contributed by atoms with Gasteiger partial charge in [0, 0.05) is 28.1 Å². The van der Waals surface area contributed by atoms with E-state index in [4.69, 9.17) is 9.40 Å². The Morgan fingerprint density at radius 1 is 0.347 bits per heavy atom. The Balaban J connectivity index is 1.14. The number of nitrogens with zero attached hydrogens (tertiary/aromatic N) is 1. The van der Waals surface area contributed by atoms with Crippen LogP contribution in [0, 0.1) is 0 Å². The van der Waals surface area contributed by atoms with Crippen molar-refractivity contribution in [1.82, 2.24) is 4.98 Å². The van der Waals surface area contributed by atoms with Crippen molar-refractivity contribution in [2.75, 3.05) is 0 Å². The lowest BCUT2D eigenvalue weighted by molar-refractivity contribution is 0.669. The van der Waals surface area contributed by atoms with E-state index in [-0.39, 0.29) is 0 Å². The summed E-state index contributed by atoms with van der Waals surface area (Å²) in [6.07, 6.45) is 2.04. The van der Waals surface area contributed by atoms with Gasteiger partial charge < -0.3 is 4.42 Å². The number of hydrogen-bond donors (Lipinski definition) is 0. The van der Waals surface area contributed by atoms with E-state index in [1.165, 1.54) is 60.1 Å². The molecule has 2 nitrogen and oxygen atoms in total. The summed E-state index contributed by atoms with van der Waals surface area (Å²) in [6.45, 7) is 0. The lowest BCUT2D eigenvalue weighted by Crippen LogP contribution is -1.92. The Labute approximate surface area is 283 Å². The van der Waals surface area contributed by atoms with Gasteiger partial charge in [0.2, 0.25) is 0 Å². The molecule has 0 unspecified atom stereocenters. The molecule has 0 aliphatic rings. The number of furan rings is 1. The Kier molecular flexibility index (Phi) is 6.22. The van der Waals surface area contributed by atoms with Gasteiger partial charge in [0.25, 0.3) is 0 Å². The van der Waals surface area contributed by atoms with Gasteiger partial charge in [-0.05, 0) is 78.3 Å². The van der Waals surface area contributed by atoms with E-state index >= 15 is 0 Å². The summed E-state index contributed by atoms with van der Waals surface area (Å²) in [4.78, 5) is 5.13. The molecule has 0 atom stereocenters. The average molecular weight is 624 g/mol. The summed E-state index contributed by atoms with van der Waals surface area (Å²) < 4.78 is 6.36. The van der Waals surface area contributed by atoms with Crippen LogP contribution in [-0.4, -0.2) is 4.98 Å². The Morgan fingerprint density at radius 3 is 1.57 bits per heavy atom. The molecular weight excluding hydrogens is 595 g/mol. The third-order valence-corrected chi connectivity index (χ3v) is 9.93. The molecule has 2 aromatic heterocycles. The molecule has 0 fully saturated rings. The molecule has 0 aliphatic carbocycles. The molecule has 2 heteroatoms. The van der Waals surface area contributed by atoms with E-state index in [0.29, 0.717) is 0 Å². The van der Waals surface area contributed by atoms with E-state index in [2.05, 4.69) is 170 Å². The Bertz CT molecular complexity index is 2790. The van der Waals surface area contributed by atoms with E-state index in [1.807, 2.05) is 6.20 Å². The van der Waals surface area contributed by atoms with Crippen LogP contribution in [0.3, 0.4) is 0 Å². The number of hydrogen-bond acceptors (Lipinski definition) is 2. The second kappa shape index (κ2) is 11.0. The fourth-order valence-corrected chi connectivity index (χ4v) is 7.71. The van der Waals surface area contributed by atoms with Crippen LogP contribution in [0.25, 0.3) is 98.9 Å². The molecule has 0 aliphatic heterocycles. The van der Waals surface area contributed by atoms with Gasteiger partial charge in [-0.25, -0.2) is 0 Å². The number of aromatic nitrogens is 1. The van der Waals surface area contributed by atoms with Crippen molar-refractivity contribution in [3.63, 3.8) is 0 Å². The molecule has 8 aromatic carbocycles. The molecule has 0 spiro atoms. The molecule has 10 aromatic rings. The van der Waals surface area contributed by atoms with Crippen molar-refractivity contribution in [3.8, 4) is 44.6 Å². The van der Waals surface area contributed by atoms with Crippen LogP contribution in [-0.2, 0) is 0 Å². The van der Waals surface area contributed by atoms with Crippen LogP contribution in [0.15, 0.2) is 180 Å². The molecule has 0 saturated heterocycles. The van der Waals surface area contributed by atoms with Crippen LogP contribution in [0.2, 0.25) is 0 Å². The largest absolute Gasteiger partial charge is 0.456 e. The van der Waals surface area contributed by atoms with Crippen molar-refractivity contribution in [1.29, 1.82) is 0 Å². The minimum Gasteiger partial charge on any atom is -0.456 e. The monoisotopic (exact) mass is 623 g/mol. The smallest absolute Gasteiger partial charge is 0.136 e. The highest BCUT2D eigenvalue weighted by molar-refractivity contribution is 6.23. The maximum absolute atomic E-state index is 6.36. The minimum atomic E-state index is 0.874. The van der Waals surface area contributed by atoms with Crippen molar-refractivity contribution in [2.45, 2.75) is 0 Å². The minimum absolute atomic E-state index is 0.874. The Morgan fingerprint density at radius 2 is 0.898 bits per heavy atom. The fourth-order valence-electron chi connectivity index (χ4n) is 7.71. The first-order chi connectivity index (χ1) is 24.3. The summed E-state index contributed by atoms with van der Waals surface area (Å²) in [5.41, 5.74) is 11.0. The zero-order valence-electron chi connectivity index (χ0n) is 26.6. The maximum Gasteiger partial charge on any atom is 0.136 e. The van der Waals surface area contributed by atoms with Gasteiger partial charge >= 0.3 is 0 Å². The van der Waals surface area contributed by atoms with Gasteiger partial charge in [0.1, 0.15) is 11.2 Å². The lowest BCUT2D eigenvalue weighted by Gasteiger charge is -2.18. The number of benzene rings is 8. The summed E-state index contributed by atoms with van der Waals surface area (Å²) in [7, 11) is 0. The molecule has 0 bridgehead atoms. The highest BCUT2D eigenvalue weighted by Gasteiger charge is 2.19. The standard InChI is InChI=1S/C47H29NO/c1-2-11-30(12-3-1)31-21-23-33(24-22-31)44-36-15-6-8-17-38(36)45(39-18-9-7-16-37(39)44)34-25-27-41(48-29-34)40-19-10-20-42-47(40)46-35-14-5-4-13-32(35)26-28-43(46)49-42/h1-29H. The lowest BCUT2D eigenvalue weighted by atomic mass is 9.86.